The van der Waals surface area contributed by atoms with Gasteiger partial charge in [-0.05, 0) is 30.3 Å². The van der Waals surface area contributed by atoms with Gasteiger partial charge in [0.2, 0.25) is 5.75 Å². The van der Waals surface area contributed by atoms with Gasteiger partial charge >= 0.3 is 6.18 Å². The van der Waals surface area contributed by atoms with E-state index < -0.39 is 29.0 Å². The number of halogens is 5. The van der Waals surface area contributed by atoms with Crippen LogP contribution in [-0.4, -0.2) is 15.0 Å². The van der Waals surface area contributed by atoms with Crippen molar-refractivity contribution < 1.29 is 17.9 Å². The molecule has 134 valence electrons. The zero-order valence-corrected chi connectivity index (χ0v) is 14.2. The van der Waals surface area contributed by atoms with Crippen LogP contribution in [0.25, 0.3) is 11.5 Å². The lowest BCUT2D eigenvalue weighted by molar-refractivity contribution is -0.142. The molecule has 0 aliphatic heterocycles. The fraction of sp³-hybridized carbons (Fsp3) is 0.0625. The van der Waals surface area contributed by atoms with E-state index in [-0.39, 0.29) is 21.5 Å². The van der Waals surface area contributed by atoms with Gasteiger partial charge in [-0.15, -0.1) is 0 Å². The van der Waals surface area contributed by atoms with E-state index in [4.69, 9.17) is 27.9 Å². The molecular weight excluding hydrogens is 394 g/mol. The molecule has 0 radical (unpaired) electrons. The minimum atomic E-state index is -4.95. The topological polar surface area (TPSA) is 67.9 Å². The monoisotopic (exact) mass is 401 g/mol. The molecule has 0 aliphatic carbocycles. The summed E-state index contributed by atoms with van der Waals surface area (Å²) in [4.78, 5) is 21.8. The second-order valence-corrected chi connectivity index (χ2v) is 5.83. The number of hydrogen-bond donors (Lipinski definition) is 1. The Bertz CT molecular complexity index is 1020. The quantitative estimate of drug-likeness (QED) is 0.673. The van der Waals surface area contributed by atoms with Gasteiger partial charge in [-0.2, -0.15) is 13.2 Å². The molecule has 0 fully saturated rings. The van der Waals surface area contributed by atoms with E-state index in [1.165, 1.54) is 42.6 Å². The van der Waals surface area contributed by atoms with Crippen molar-refractivity contribution in [2.24, 2.45) is 0 Å². The smallest absolute Gasteiger partial charge is 0.437 e. The summed E-state index contributed by atoms with van der Waals surface area (Å²) in [5.41, 5.74) is -2.73. The summed E-state index contributed by atoms with van der Waals surface area (Å²) in [6.45, 7) is 0. The Balaban J connectivity index is 2.16. The number of pyridine rings is 1. The first-order chi connectivity index (χ1) is 12.3. The van der Waals surface area contributed by atoms with E-state index in [0.29, 0.717) is 0 Å². The van der Waals surface area contributed by atoms with Gasteiger partial charge in [0.1, 0.15) is 11.4 Å². The minimum absolute atomic E-state index is 0.0345. The van der Waals surface area contributed by atoms with E-state index in [1.54, 1.807) is 0 Å². The van der Waals surface area contributed by atoms with Crippen LogP contribution in [0.5, 0.6) is 11.5 Å². The van der Waals surface area contributed by atoms with Crippen LogP contribution >= 0.6 is 23.2 Å². The number of aromatic nitrogens is 3. The van der Waals surface area contributed by atoms with E-state index in [0.717, 1.165) is 0 Å². The summed E-state index contributed by atoms with van der Waals surface area (Å²) in [6, 6.07) is 8.50. The normalized spacial score (nSPS) is 11.4. The van der Waals surface area contributed by atoms with Gasteiger partial charge in [0.05, 0.1) is 5.02 Å². The SMILES string of the molecule is O=c1[nH]c(-c2ncccc2Cl)nc(C(F)(F)F)c1Oc1cccc(Cl)c1. The van der Waals surface area contributed by atoms with Crippen molar-refractivity contribution in [2.75, 3.05) is 0 Å². The number of ether oxygens (including phenoxy) is 1. The third-order valence-corrected chi connectivity index (χ3v) is 3.68. The highest BCUT2D eigenvalue weighted by atomic mass is 35.5. The van der Waals surface area contributed by atoms with Crippen LogP contribution in [0.2, 0.25) is 10.0 Å². The number of rotatable bonds is 3. The van der Waals surface area contributed by atoms with Crippen LogP contribution in [0.1, 0.15) is 5.69 Å². The predicted molar refractivity (Wildman–Crippen MR) is 89.6 cm³/mol. The lowest BCUT2D eigenvalue weighted by Gasteiger charge is -2.13. The first kappa shape index (κ1) is 18.2. The molecule has 5 nitrogen and oxygen atoms in total. The lowest BCUT2D eigenvalue weighted by Crippen LogP contribution is -2.21. The Kier molecular flexibility index (Phi) is 4.88. The zero-order valence-electron chi connectivity index (χ0n) is 12.6. The number of alkyl halides is 3. The lowest BCUT2D eigenvalue weighted by atomic mass is 10.3. The largest absolute Gasteiger partial charge is 0.449 e. The van der Waals surface area contributed by atoms with Crippen LogP contribution in [0.3, 0.4) is 0 Å². The molecule has 10 heteroatoms. The molecule has 0 spiro atoms. The summed E-state index contributed by atoms with van der Waals surface area (Å²) >= 11 is 11.7. The first-order valence-corrected chi connectivity index (χ1v) is 7.77. The molecule has 3 rings (SSSR count). The van der Waals surface area contributed by atoms with Crippen LogP contribution in [0.15, 0.2) is 47.4 Å². The molecule has 0 saturated heterocycles. The van der Waals surface area contributed by atoms with Crippen LogP contribution in [0.4, 0.5) is 13.2 Å². The van der Waals surface area contributed by atoms with Gasteiger partial charge in [0, 0.05) is 11.2 Å². The van der Waals surface area contributed by atoms with Crippen LogP contribution < -0.4 is 10.3 Å². The van der Waals surface area contributed by atoms with Gasteiger partial charge in [-0.25, -0.2) is 4.98 Å². The Morgan fingerprint density at radius 2 is 1.88 bits per heavy atom. The van der Waals surface area contributed by atoms with E-state index in [2.05, 4.69) is 15.0 Å². The number of nitrogens with zero attached hydrogens (tertiary/aromatic N) is 2. The highest BCUT2D eigenvalue weighted by molar-refractivity contribution is 6.32. The summed E-state index contributed by atoms with van der Waals surface area (Å²) < 4.78 is 45.4. The summed E-state index contributed by atoms with van der Waals surface area (Å²) in [5, 5.41) is 0.268. The minimum Gasteiger partial charge on any atom is -0.449 e. The molecule has 0 bridgehead atoms. The van der Waals surface area contributed by atoms with Gasteiger partial charge in [-0.1, -0.05) is 29.3 Å². The van der Waals surface area contributed by atoms with Gasteiger partial charge in [0.25, 0.3) is 5.56 Å². The average molecular weight is 402 g/mol. The van der Waals surface area contributed by atoms with Crippen molar-refractivity contribution in [3.05, 3.63) is 68.7 Å². The molecule has 3 aromatic rings. The third kappa shape index (κ3) is 3.81. The Morgan fingerprint density at radius 1 is 1.12 bits per heavy atom. The Morgan fingerprint density at radius 3 is 2.54 bits per heavy atom. The molecular formula is C16H8Cl2F3N3O2. The summed E-state index contributed by atoms with van der Waals surface area (Å²) in [7, 11) is 0. The fourth-order valence-electron chi connectivity index (χ4n) is 2.07. The van der Waals surface area contributed by atoms with Crippen LogP contribution in [0, 0.1) is 0 Å². The number of nitrogens with one attached hydrogen (secondary N) is 1. The summed E-state index contributed by atoms with van der Waals surface area (Å²) in [5.74, 6) is -1.47. The Hall–Kier alpha value is -2.58. The van der Waals surface area contributed by atoms with Crippen molar-refractivity contribution in [1.82, 2.24) is 15.0 Å². The molecule has 0 unspecified atom stereocenters. The molecule has 26 heavy (non-hydrogen) atoms. The average Bonchev–Trinajstić information content (AvgIpc) is 2.56. The second-order valence-electron chi connectivity index (χ2n) is 4.98. The fourth-order valence-corrected chi connectivity index (χ4v) is 2.46. The number of hydrogen-bond acceptors (Lipinski definition) is 4. The predicted octanol–water partition coefficient (Wildman–Crippen LogP) is 4.95. The molecule has 0 aliphatic rings. The first-order valence-electron chi connectivity index (χ1n) is 7.01. The molecule has 0 atom stereocenters. The highest BCUT2D eigenvalue weighted by Gasteiger charge is 2.39. The van der Waals surface area contributed by atoms with Crippen LogP contribution in [-0.2, 0) is 6.18 Å². The number of aromatic amines is 1. The molecule has 0 saturated carbocycles. The van der Waals surface area contributed by atoms with Crippen molar-refractivity contribution in [3.8, 4) is 23.0 Å². The van der Waals surface area contributed by atoms with Crippen molar-refractivity contribution in [2.45, 2.75) is 6.18 Å². The molecule has 0 amide bonds. The van der Waals surface area contributed by atoms with Crippen molar-refractivity contribution in [1.29, 1.82) is 0 Å². The standard InChI is InChI=1S/C16H8Cl2F3N3O2/c17-8-3-1-4-9(7-8)26-12-13(16(19,20)21)23-14(24-15(12)25)11-10(18)5-2-6-22-11/h1-7H,(H,23,24,25). The highest BCUT2D eigenvalue weighted by Crippen LogP contribution is 2.36. The van der Waals surface area contributed by atoms with Gasteiger partial charge in [-0.3, -0.25) is 9.78 Å². The van der Waals surface area contributed by atoms with E-state index >= 15 is 0 Å². The third-order valence-electron chi connectivity index (χ3n) is 3.14. The second kappa shape index (κ2) is 6.97. The maximum atomic E-state index is 13.4. The summed E-state index contributed by atoms with van der Waals surface area (Å²) in [6.07, 6.45) is -3.64. The number of H-pyrrole nitrogens is 1. The van der Waals surface area contributed by atoms with Gasteiger partial charge < -0.3 is 9.72 Å². The van der Waals surface area contributed by atoms with Crippen molar-refractivity contribution in [3.63, 3.8) is 0 Å². The number of benzene rings is 1. The molecule has 1 N–H and O–H groups in total. The van der Waals surface area contributed by atoms with E-state index in [9.17, 15) is 18.0 Å². The maximum absolute atomic E-state index is 13.4. The molecule has 2 heterocycles. The van der Waals surface area contributed by atoms with Gasteiger partial charge in [0.15, 0.2) is 11.5 Å². The Labute approximate surface area is 154 Å². The van der Waals surface area contributed by atoms with Crippen molar-refractivity contribution >= 4 is 23.2 Å². The molecule has 1 aromatic carbocycles. The zero-order chi connectivity index (χ0) is 18.9. The van der Waals surface area contributed by atoms with E-state index in [1.807, 2.05) is 0 Å². The molecule has 2 aromatic heterocycles. The maximum Gasteiger partial charge on any atom is 0.437 e.